The van der Waals surface area contributed by atoms with E-state index in [2.05, 4.69) is 22.1 Å². The smallest absolute Gasteiger partial charge is 0.320 e. The number of thiophene rings is 1. The first-order valence-corrected chi connectivity index (χ1v) is 6.35. The second-order valence-corrected chi connectivity index (χ2v) is 5.42. The van der Waals surface area contributed by atoms with Gasteiger partial charge >= 0.3 is 5.97 Å². The van der Waals surface area contributed by atoms with Crippen molar-refractivity contribution in [2.24, 2.45) is 0 Å². The Kier molecular flexibility index (Phi) is 4.96. The summed E-state index contributed by atoms with van der Waals surface area (Å²) in [7, 11) is 0. The summed E-state index contributed by atoms with van der Waals surface area (Å²) in [5.74, 6) is -0.196. The van der Waals surface area contributed by atoms with E-state index in [1.807, 2.05) is 20.8 Å². The molecule has 0 atom stereocenters. The summed E-state index contributed by atoms with van der Waals surface area (Å²) in [4.78, 5) is 11.3. The summed E-state index contributed by atoms with van der Waals surface area (Å²) in [6.07, 6.45) is 0.951. The predicted molar refractivity (Wildman–Crippen MR) is 66.7 cm³/mol. The van der Waals surface area contributed by atoms with E-state index in [4.69, 9.17) is 4.74 Å². The van der Waals surface area contributed by atoms with E-state index in [-0.39, 0.29) is 12.5 Å². The maximum Gasteiger partial charge on any atom is 0.320 e. The molecule has 0 aliphatic rings. The molecule has 3 nitrogen and oxygen atoms in total. The summed E-state index contributed by atoms with van der Waals surface area (Å²) in [5, 5.41) is 7.26. The molecule has 0 fully saturated rings. The molecule has 0 saturated carbocycles. The van der Waals surface area contributed by atoms with Gasteiger partial charge in [-0.25, -0.2) is 0 Å². The van der Waals surface area contributed by atoms with Gasteiger partial charge in [0.05, 0.1) is 6.54 Å². The molecule has 1 aromatic heterocycles. The van der Waals surface area contributed by atoms with Crippen molar-refractivity contribution in [2.75, 3.05) is 13.1 Å². The molecule has 0 radical (unpaired) electrons. The molecule has 0 aromatic carbocycles. The van der Waals surface area contributed by atoms with Gasteiger partial charge in [-0.3, -0.25) is 4.79 Å². The zero-order valence-electron chi connectivity index (χ0n) is 10.1. The molecule has 1 heterocycles. The van der Waals surface area contributed by atoms with E-state index >= 15 is 0 Å². The number of carbonyl (C=O) groups excluding carboxylic acids is 1. The van der Waals surface area contributed by atoms with Gasteiger partial charge in [0.2, 0.25) is 0 Å². The van der Waals surface area contributed by atoms with E-state index in [9.17, 15) is 4.79 Å². The van der Waals surface area contributed by atoms with Gasteiger partial charge in [0.25, 0.3) is 0 Å². The highest BCUT2D eigenvalue weighted by Gasteiger charge is 2.15. The van der Waals surface area contributed by atoms with Crippen LogP contribution in [0.25, 0.3) is 0 Å². The summed E-state index contributed by atoms with van der Waals surface area (Å²) in [6, 6.07) is 2.10. The molecule has 0 unspecified atom stereocenters. The van der Waals surface area contributed by atoms with Gasteiger partial charge in [0, 0.05) is 0 Å². The van der Waals surface area contributed by atoms with Crippen LogP contribution < -0.4 is 5.32 Å². The van der Waals surface area contributed by atoms with E-state index in [0.29, 0.717) is 0 Å². The van der Waals surface area contributed by atoms with E-state index in [0.717, 1.165) is 13.0 Å². The minimum Gasteiger partial charge on any atom is -0.459 e. The van der Waals surface area contributed by atoms with Gasteiger partial charge in [0.1, 0.15) is 5.60 Å². The van der Waals surface area contributed by atoms with Crippen LogP contribution in [0.5, 0.6) is 0 Å². The van der Waals surface area contributed by atoms with Crippen molar-refractivity contribution >= 4 is 17.3 Å². The van der Waals surface area contributed by atoms with Crippen LogP contribution in [-0.2, 0) is 16.0 Å². The fraction of sp³-hybridized carbons (Fsp3) is 0.583. The Balaban J connectivity index is 2.09. The van der Waals surface area contributed by atoms with Crippen molar-refractivity contribution in [3.05, 3.63) is 22.4 Å². The van der Waals surface area contributed by atoms with E-state index in [1.54, 1.807) is 11.3 Å². The number of carbonyl (C=O) groups is 1. The number of hydrogen-bond donors (Lipinski definition) is 1. The molecular weight excluding hydrogens is 222 g/mol. The van der Waals surface area contributed by atoms with E-state index in [1.165, 1.54) is 5.56 Å². The average Bonchev–Trinajstić information content (AvgIpc) is 2.62. The molecule has 0 aliphatic heterocycles. The fourth-order valence-electron chi connectivity index (χ4n) is 1.24. The minimum absolute atomic E-state index is 0.196. The number of hydrogen-bond acceptors (Lipinski definition) is 4. The van der Waals surface area contributed by atoms with Crippen LogP contribution in [0, 0.1) is 0 Å². The first kappa shape index (κ1) is 13.2. The Morgan fingerprint density at radius 1 is 1.50 bits per heavy atom. The van der Waals surface area contributed by atoms with Crippen LogP contribution in [-0.4, -0.2) is 24.7 Å². The molecule has 0 amide bonds. The summed E-state index contributed by atoms with van der Waals surface area (Å²) in [5.41, 5.74) is 0.910. The van der Waals surface area contributed by atoms with Gasteiger partial charge in [-0.1, -0.05) is 0 Å². The predicted octanol–water partition coefficient (Wildman–Crippen LogP) is 2.22. The Hall–Kier alpha value is -0.870. The van der Waals surface area contributed by atoms with Crippen LogP contribution >= 0.6 is 11.3 Å². The molecule has 0 aliphatic carbocycles. The molecule has 1 N–H and O–H groups in total. The van der Waals surface area contributed by atoms with Crippen molar-refractivity contribution in [1.29, 1.82) is 0 Å². The van der Waals surface area contributed by atoms with Crippen molar-refractivity contribution in [3.8, 4) is 0 Å². The van der Waals surface area contributed by atoms with Crippen LogP contribution in [0.1, 0.15) is 26.3 Å². The van der Waals surface area contributed by atoms with Gasteiger partial charge < -0.3 is 10.1 Å². The zero-order chi connectivity index (χ0) is 12.0. The molecular formula is C12H19NO2S. The van der Waals surface area contributed by atoms with Crippen LogP contribution in [0.2, 0.25) is 0 Å². The monoisotopic (exact) mass is 241 g/mol. The van der Waals surface area contributed by atoms with Crippen LogP contribution in [0.4, 0.5) is 0 Å². The lowest BCUT2D eigenvalue weighted by molar-refractivity contribution is -0.153. The first-order valence-electron chi connectivity index (χ1n) is 5.41. The van der Waals surface area contributed by atoms with Gasteiger partial charge in [-0.15, -0.1) is 0 Å². The topological polar surface area (TPSA) is 38.3 Å². The van der Waals surface area contributed by atoms with Crippen LogP contribution in [0.15, 0.2) is 16.8 Å². The molecule has 1 rings (SSSR count). The lowest BCUT2D eigenvalue weighted by Gasteiger charge is -2.19. The Labute approximate surface area is 101 Å². The number of nitrogens with one attached hydrogen (secondary N) is 1. The number of rotatable bonds is 5. The largest absolute Gasteiger partial charge is 0.459 e. The highest BCUT2D eigenvalue weighted by atomic mass is 32.1. The quantitative estimate of drug-likeness (QED) is 0.634. The normalized spacial score (nSPS) is 11.4. The third-order valence-electron chi connectivity index (χ3n) is 1.86. The van der Waals surface area contributed by atoms with Crippen molar-refractivity contribution < 1.29 is 9.53 Å². The molecule has 0 bridgehead atoms. The Bertz CT molecular complexity index is 314. The molecule has 0 spiro atoms. The second kappa shape index (κ2) is 6.01. The zero-order valence-corrected chi connectivity index (χ0v) is 10.9. The molecule has 1 aromatic rings. The lowest BCUT2D eigenvalue weighted by Crippen LogP contribution is -2.32. The van der Waals surface area contributed by atoms with Crippen molar-refractivity contribution in [3.63, 3.8) is 0 Å². The highest BCUT2D eigenvalue weighted by molar-refractivity contribution is 7.07. The summed E-state index contributed by atoms with van der Waals surface area (Å²) >= 11 is 1.69. The summed E-state index contributed by atoms with van der Waals surface area (Å²) in [6.45, 7) is 6.69. The van der Waals surface area contributed by atoms with Crippen molar-refractivity contribution in [1.82, 2.24) is 5.32 Å². The maximum absolute atomic E-state index is 11.3. The lowest BCUT2D eigenvalue weighted by atomic mass is 10.2. The van der Waals surface area contributed by atoms with Gasteiger partial charge in [0.15, 0.2) is 0 Å². The molecule has 90 valence electrons. The Morgan fingerprint density at radius 2 is 2.25 bits per heavy atom. The number of esters is 1. The number of ether oxygens (including phenoxy) is 1. The van der Waals surface area contributed by atoms with E-state index < -0.39 is 5.60 Å². The van der Waals surface area contributed by atoms with Gasteiger partial charge in [-0.05, 0) is 56.1 Å². The highest BCUT2D eigenvalue weighted by Crippen LogP contribution is 2.07. The third-order valence-corrected chi connectivity index (χ3v) is 2.59. The second-order valence-electron chi connectivity index (χ2n) is 4.64. The molecule has 4 heteroatoms. The van der Waals surface area contributed by atoms with Crippen molar-refractivity contribution in [2.45, 2.75) is 32.8 Å². The van der Waals surface area contributed by atoms with Crippen LogP contribution in [0.3, 0.4) is 0 Å². The Morgan fingerprint density at radius 3 is 2.81 bits per heavy atom. The minimum atomic E-state index is -0.397. The SMILES string of the molecule is CC(C)(C)OC(=O)CNCCc1ccsc1. The average molecular weight is 241 g/mol. The summed E-state index contributed by atoms with van der Waals surface area (Å²) < 4.78 is 5.18. The van der Waals surface area contributed by atoms with Gasteiger partial charge in [-0.2, -0.15) is 11.3 Å². The first-order chi connectivity index (χ1) is 7.47. The molecule has 16 heavy (non-hydrogen) atoms. The molecule has 0 saturated heterocycles. The third kappa shape index (κ3) is 5.88. The maximum atomic E-state index is 11.3. The fourth-order valence-corrected chi connectivity index (χ4v) is 1.94. The standard InChI is InChI=1S/C12H19NO2S/c1-12(2,3)15-11(14)8-13-6-4-10-5-7-16-9-10/h5,7,9,13H,4,6,8H2,1-3H3.